The van der Waals surface area contributed by atoms with Crippen LogP contribution in [0.1, 0.15) is 98.2 Å². The summed E-state index contributed by atoms with van der Waals surface area (Å²) in [5, 5.41) is 2.67. The molecule has 0 heteroatoms. The number of benzene rings is 9. The van der Waals surface area contributed by atoms with Crippen LogP contribution >= 0.6 is 0 Å². The smallest absolute Gasteiger partial charge is 0 e. The van der Waals surface area contributed by atoms with Crippen LogP contribution in [0.4, 0.5) is 0 Å². The quantitative estimate of drug-likeness (QED) is 0.162. The van der Waals surface area contributed by atoms with E-state index in [1.54, 1.807) is 11.1 Å². The molecule has 1 aliphatic rings. The molecule has 0 heterocycles. The van der Waals surface area contributed by atoms with Gasteiger partial charge in [0.1, 0.15) is 0 Å². The van der Waals surface area contributed by atoms with Gasteiger partial charge in [0, 0.05) is 1.43 Å². The highest BCUT2D eigenvalue weighted by Gasteiger charge is 2.14. The van der Waals surface area contributed by atoms with Crippen molar-refractivity contribution >= 4 is 10.8 Å². The number of fused-ring (bicyclic) bond motifs is 2. The molecule has 0 amide bonds. The molecule has 70 heavy (non-hydrogen) atoms. The molecular weight excluding hydrogens is 841 g/mol. The summed E-state index contributed by atoms with van der Waals surface area (Å²) in [4.78, 5) is 0. The fourth-order valence-corrected chi connectivity index (χ4v) is 8.24. The second-order valence-corrected chi connectivity index (χ2v) is 20.1. The van der Waals surface area contributed by atoms with E-state index in [-0.39, 0.29) is 1.43 Å². The van der Waals surface area contributed by atoms with E-state index < -0.39 is 0 Å². The zero-order chi connectivity index (χ0) is 50.7. The summed E-state index contributed by atoms with van der Waals surface area (Å²) in [6.45, 7) is 30.0. The van der Waals surface area contributed by atoms with Gasteiger partial charge in [-0.2, -0.15) is 0 Å². The zero-order valence-electron chi connectivity index (χ0n) is 45.1. The Labute approximate surface area is 426 Å². The Morgan fingerprint density at radius 2 is 0.586 bits per heavy atom. The average Bonchev–Trinajstić information content (AvgIpc) is 3.34. The van der Waals surface area contributed by atoms with Gasteiger partial charge < -0.3 is 0 Å². The summed E-state index contributed by atoms with van der Waals surface area (Å²) < 4.78 is 0. The first-order chi connectivity index (χ1) is 33.4. The van der Waals surface area contributed by atoms with Crippen LogP contribution < -0.4 is 0 Å². The van der Waals surface area contributed by atoms with Crippen LogP contribution in [-0.2, 0) is 12.8 Å². The minimum absolute atomic E-state index is 0. The minimum Gasteiger partial charge on any atom is -0.0622 e. The summed E-state index contributed by atoms with van der Waals surface area (Å²) >= 11 is 0. The van der Waals surface area contributed by atoms with Crippen molar-refractivity contribution in [1.82, 2.24) is 0 Å². The first kappa shape index (κ1) is 54.2. The van der Waals surface area contributed by atoms with Crippen molar-refractivity contribution < 1.29 is 1.43 Å². The molecule has 0 N–H and O–H groups in total. The topological polar surface area (TPSA) is 0 Å². The Balaban J connectivity index is 0.000000187. The molecule has 1 aliphatic carbocycles. The van der Waals surface area contributed by atoms with Gasteiger partial charge in [-0.3, -0.25) is 0 Å². The number of aryl methyl sites for hydroxylation is 14. The van der Waals surface area contributed by atoms with Crippen molar-refractivity contribution in [3.8, 4) is 22.3 Å². The normalized spacial score (nSPS) is 12.1. The maximum Gasteiger partial charge on any atom is 0 e. The van der Waals surface area contributed by atoms with Gasteiger partial charge in [0.05, 0.1) is 0 Å². The molecule has 0 aliphatic heterocycles. The van der Waals surface area contributed by atoms with E-state index in [1.807, 2.05) is 0 Å². The fraction of sp³-hybridized carbons (Fsp3) is 0.257. The molecule has 0 saturated carbocycles. The molecule has 0 aromatic heterocycles. The second kappa shape index (κ2) is 26.8. The predicted octanol–water partition coefficient (Wildman–Crippen LogP) is 20.0. The van der Waals surface area contributed by atoms with E-state index in [4.69, 9.17) is 0 Å². The number of hydrogen-bond donors (Lipinski definition) is 0. The Hall–Kier alpha value is -6.76. The van der Waals surface area contributed by atoms with Gasteiger partial charge in [-0.25, -0.2) is 0 Å². The highest BCUT2D eigenvalue weighted by atomic mass is 14.2. The van der Waals surface area contributed by atoms with Gasteiger partial charge in [0.15, 0.2) is 0 Å². The van der Waals surface area contributed by atoms with Crippen LogP contribution in [0.2, 0.25) is 0 Å². The first-order valence-corrected chi connectivity index (χ1v) is 25.3. The van der Waals surface area contributed by atoms with Gasteiger partial charge in [0.25, 0.3) is 0 Å². The van der Waals surface area contributed by atoms with Gasteiger partial charge >= 0.3 is 0 Å². The summed E-state index contributed by atoms with van der Waals surface area (Å²) in [6, 6.07) is 67.5. The van der Waals surface area contributed by atoms with Gasteiger partial charge in [-0.15, -0.1) is 0 Å². The first-order valence-electron chi connectivity index (χ1n) is 25.3. The van der Waals surface area contributed by atoms with Crippen molar-refractivity contribution in [2.75, 3.05) is 0 Å². The van der Waals surface area contributed by atoms with Crippen molar-refractivity contribution in [2.24, 2.45) is 5.92 Å². The van der Waals surface area contributed by atoms with E-state index in [2.05, 4.69) is 285 Å². The van der Waals surface area contributed by atoms with Crippen LogP contribution in [-0.4, -0.2) is 0 Å². The molecule has 0 fully saturated rings. The lowest BCUT2D eigenvalue weighted by Crippen LogP contribution is -2.10. The van der Waals surface area contributed by atoms with Crippen LogP contribution in [0, 0.1) is 95.9 Å². The second-order valence-electron chi connectivity index (χ2n) is 20.1. The minimum atomic E-state index is 0. The third kappa shape index (κ3) is 18.0. The van der Waals surface area contributed by atoms with Crippen LogP contribution in [0.3, 0.4) is 0 Å². The monoisotopic (exact) mass is 923 g/mol. The van der Waals surface area contributed by atoms with Crippen molar-refractivity contribution in [2.45, 2.75) is 116 Å². The number of hydrogen-bond acceptors (Lipinski definition) is 0. The Morgan fingerprint density at radius 3 is 1.00 bits per heavy atom. The van der Waals surface area contributed by atoms with E-state index in [1.165, 1.54) is 125 Å². The third-order valence-electron chi connectivity index (χ3n) is 13.2. The van der Waals surface area contributed by atoms with Crippen molar-refractivity contribution in [3.63, 3.8) is 0 Å². The Kier molecular flexibility index (Phi) is 20.8. The van der Waals surface area contributed by atoms with Crippen LogP contribution in [0.5, 0.6) is 0 Å². The molecule has 1 unspecified atom stereocenters. The van der Waals surface area contributed by atoms with E-state index in [9.17, 15) is 0 Å². The van der Waals surface area contributed by atoms with Crippen LogP contribution in [0.15, 0.2) is 188 Å². The lowest BCUT2D eigenvalue weighted by Gasteiger charge is -2.21. The summed E-state index contributed by atoms with van der Waals surface area (Å²) in [5.74, 6) is 0.889. The molecule has 9 aromatic carbocycles. The molecule has 362 valence electrons. The fourth-order valence-electron chi connectivity index (χ4n) is 8.24. The lowest BCUT2D eigenvalue weighted by atomic mass is 9.84. The Bertz CT molecular complexity index is 2900. The molecular formula is C70H82. The lowest BCUT2D eigenvalue weighted by molar-refractivity contribution is 0.501. The maximum absolute atomic E-state index is 2.35. The highest BCUT2D eigenvalue weighted by Crippen LogP contribution is 2.26. The number of rotatable bonds is 2. The van der Waals surface area contributed by atoms with E-state index in [0.717, 1.165) is 5.92 Å². The standard InChI is InChI=1S/C15H16.C14H14.C12H16.C12H12.C9H12.C8H10.H2/c1-11-4-7-14(8-5-11)15-9-6-12(2)13(3)10-15;1-11-3-7-13(8-4-11)14-9-5-12(2)6-10-14;2*1-9-3-5-12-8-10(2)4-6-11(12)7-9;1-7-4-5-8(2)9(3)6-7;1-7-3-5-8(2)6-4-7;/h4-10H,1-3H3;3-10H,1-2H3;3,5,7,10H,4,6,8H2,1-2H3;3-8H,1-2H3;4-6H,1-3H3;3-6H,1-2H3;1H. The van der Waals surface area contributed by atoms with Gasteiger partial charge in [-0.1, -0.05) is 245 Å². The summed E-state index contributed by atoms with van der Waals surface area (Å²) in [5.41, 5.74) is 25.8. The molecule has 0 saturated heterocycles. The largest absolute Gasteiger partial charge is 0.0622 e. The van der Waals surface area contributed by atoms with Gasteiger partial charge in [-0.05, 0) is 182 Å². The average molecular weight is 923 g/mol. The van der Waals surface area contributed by atoms with E-state index in [0.29, 0.717) is 0 Å². The molecule has 0 bridgehead atoms. The molecule has 1 atom stereocenters. The molecule has 0 radical (unpaired) electrons. The third-order valence-corrected chi connectivity index (χ3v) is 13.2. The maximum atomic E-state index is 2.35. The predicted molar refractivity (Wildman–Crippen MR) is 312 cm³/mol. The molecule has 0 spiro atoms. The van der Waals surface area contributed by atoms with Crippen molar-refractivity contribution in [1.29, 1.82) is 0 Å². The molecule has 0 nitrogen and oxygen atoms in total. The SMILES string of the molecule is Cc1ccc(-c2ccc(C)c(C)c2)cc1.Cc1ccc(-c2ccc(C)cc2)cc1.Cc1ccc(C)c(C)c1.Cc1ccc(C)cc1.Cc1ccc2c(c1)CCC(C)C2.Cc1ccc2cc(C)ccc2c1.[HH]. The van der Waals surface area contributed by atoms with Crippen molar-refractivity contribution in [3.05, 3.63) is 272 Å². The molecule has 10 rings (SSSR count). The van der Waals surface area contributed by atoms with Crippen LogP contribution in [0.25, 0.3) is 33.0 Å². The Morgan fingerprint density at radius 1 is 0.271 bits per heavy atom. The summed E-state index contributed by atoms with van der Waals surface area (Å²) in [7, 11) is 0. The zero-order valence-corrected chi connectivity index (χ0v) is 45.1. The van der Waals surface area contributed by atoms with E-state index >= 15 is 0 Å². The van der Waals surface area contributed by atoms with Gasteiger partial charge in [0.2, 0.25) is 0 Å². The summed E-state index contributed by atoms with van der Waals surface area (Å²) in [6.07, 6.45) is 3.95. The molecule has 9 aromatic rings. The highest BCUT2D eigenvalue weighted by molar-refractivity contribution is 5.83.